The summed E-state index contributed by atoms with van der Waals surface area (Å²) < 4.78 is 8.39. The molecule has 1 aliphatic rings. The Hall–Kier alpha value is -2.52. The predicted octanol–water partition coefficient (Wildman–Crippen LogP) is 4.45. The molecule has 0 bridgehead atoms. The van der Waals surface area contributed by atoms with Crippen molar-refractivity contribution in [3.8, 4) is 5.75 Å². The number of nitrogens with one attached hydrogen (secondary N) is 2. The lowest BCUT2D eigenvalue weighted by molar-refractivity contribution is -0.116. The van der Waals surface area contributed by atoms with E-state index in [-0.39, 0.29) is 11.9 Å². The maximum Gasteiger partial charge on any atom is 0.240 e. The fourth-order valence-corrected chi connectivity index (χ4v) is 4.66. The molecule has 0 radical (unpaired) electrons. The Morgan fingerprint density at radius 1 is 1.23 bits per heavy atom. The van der Waals surface area contributed by atoms with Crippen LogP contribution in [0.2, 0.25) is 0 Å². The van der Waals surface area contributed by atoms with E-state index < -0.39 is 5.25 Å². The largest absolute Gasteiger partial charge is 0.494 e. The molecule has 1 aromatic heterocycles. The summed E-state index contributed by atoms with van der Waals surface area (Å²) in [4.78, 5) is 13.3. The average molecular weight is 488 g/mol. The zero-order chi connectivity index (χ0) is 21.3. The molecule has 7 nitrogen and oxygen atoms in total. The monoisotopic (exact) mass is 487 g/mol. The molecule has 0 fully saturated rings. The molecule has 2 atom stereocenters. The number of rotatable bonds is 5. The van der Waals surface area contributed by atoms with Gasteiger partial charge < -0.3 is 15.5 Å². The van der Waals surface area contributed by atoms with Gasteiger partial charge in [-0.2, -0.15) is 0 Å². The summed E-state index contributed by atoms with van der Waals surface area (Å²) in [7, 11) is 0. The van der Waals surface area contributed by atoms with E-state index in [1.54, 1.807) is 0 Å². The van der Waals surface area contributed by atoms with Crippen molar-refractivity contribution >= 4 is 39.3 Å². The Morgan fingerprint density at radius 2 is 2.00 bits per heavy atom. The number of aromatic nitrogens is 3. The minimum Gasteiger partial charge on any atom is -0.494 e. The number of aryl methyl sites for hydroxylation is 2. The van der Waals surface area contributed by atoms with E-state index in [1.165, 1.54) is 11.8 Å². The fourth-order valence-electron chi connectivity index (χ4n) is 3.28. The highest BCUT2D eigenvalue weighted by molar-refractivity contribution is 9.10. The van der Waals surface area contributed by atoms with Crippen molar-refractivity contribution in [2.45, 2.75) is 37.2 Å². The number of carbonyl (C=O) groups is 1. The minimum absolute atomic E-state index is 0.0972. The Labute approximate surface area is 187 Å². The van der Waals surface area contributed by atoms with Crippen molar-refractivity contribution in [3.63, 3.8) is 0 Å². The number of thioether (sulfide) groups is 1. The van der Waals surface area contributed by atoms with Crippen molar-refractivity contribution in [1.29, 1.82) is 0 Å². The van der Waals surface area contributed by atoms with Crippen LogP contribution in [-0.2, 0) is 4.79 Å². The number of hydrogen-bond acceptors (Lipinski definition) is 6. The van der Waals surface area contributed by atoms with Gasteiger partial charge in [0.2, 0.25) is 11.1 Å². The third-order valence-electron chi connectivity index (χ3n) is 4.83. The average Bonchev–Trinajstić information content (AvgIpc) is 3.11. The molecule has 0 saturated carbocycles. The second kappa shape index (κ2) is 8.69. The van der Waals surface area contributed by atoms with Gasteiger partial charge in [-0.3, -0.25) is 4.79 Å². The first-order valence-corrected chi connectivity index (χ1v) is 11.3. The minimum atomic E-state index is -0.428. The number of halogens is 1. The summed E-state index contributed by atoms with van der Waals surface area (Å²) >= 11 is 4.90. The number of amides is 1. The number of ether oxygens (including phenoxy) is 1. The van der Waals surface area contributed by atoms with Gasteiger partial charge in [0.15, 0.2) is 0 Å². The van der Waals surface area contributed by atoms with Crippen LogP contribution in [-0.4, -0.2) is 32.6 Å². The molecule has 156 valence electrons. The van der Waals surface area contributed by atoms with Gasteiger partial charge in [-0.25, -0.2) is 4.68 Å². The van der Waals surface area contributed by atoms with Crippen LogP contribution in [0.4, 0.5) is 5.69 Å². The number of benzene rings is 2. The summed E-state index contributed by atoms with van der Waals surface area (Å²) in [5, 5.41) is 11.6. The molecule has 1 amide bonds. The van der Waals surface area contributed by atoms with E-state index in [9.17, 15) is 4.79 Å². The number of anilines is 1. The van der Waals surface area contributed by atoms with E-state index in [2.05, 4.69) is 36.9 Å². The van der Waals surface area contributed by atoms with Crippen molar-refractivity contribution in [2.75, 3.05) is 17.3 Å². The van der Waals surface area contributed by atoms with Gasteiger partial charge in [0.25, 0.3) is 0 Å². The maximum atomic E-state index is 13.3. The van der Waals surface area contributed by atoms with Crippen molar-refractivity contribution in [1.82, 2.24) is 14.9 Å². The van der Waals surface area contributed by atoms with Gasteiger partial charge in [-0.1, -0.05) is 39.8 Å². The zero-order valence-electron chi connectivity index (χ0n) is 16.8. The molecule has 9 heteroatoms. The topological polar surface area (TPSA) is 81.1 Å². The van der Waals surface area contributed by atoms with Crippen LogP contribution in [0.5, 0.6) is 5.75 Å². The molecule has 0 saturated heterocycles. The molecule has 2 N–H and O–H groups in total. The highest BCUT2D eigenvalue weighted by Crippen LogP contribution is 2.38. The SMILES string of the molecule is CCOc1ccc([C@H]2Nn3c(C)nnc3S[C@H]2C(=O)Nc2ccc(Br)c(C)c2)cc1. The fraction of sp³-hybridized carbons (Fsp3) is 0.286. The first kappa shape index (κ1) is 20.7. The molecule has 1 aliphatic heterocycles. The highest BCUT2D eigenvalue weighted by atomic mass is 79.9. The Kier molecular flexibility index (Phi) is 6.01. The van der Waals surface area contributed by atoms with Crippen LogP contribution in [0.3, 0.4) is 0 Å². The molecule has 0 unspecified atom stereocenters. The Bertz CT molecular complexity index is 1070. The summed E-state index contributed by atoms with van der Waals surface area (Å²) in [6.45, 7) is 6.43. The lowest BCUT2D eigenvalue weighted by atomic mass is 10.0. The van der Waals surface area contributed by atoms with Crippen LogP contribution < -0.4 is 15.5 Å². The lowest BCUT2D eigenvalue weighted by Gasteiger charge is -2.32. The van der Waals surface area contributed by atoms with Crippen molar-refractivity contribution in [2.24, 2.45) is 0 Å². The third-order valence-corrected chi connectivity index (χ3v) is 6.94. The van der Waals surface area contributed by atoms with E-state index in [4.69, 9.17) is 4.74 Å². The smallest absolute Gasteiger partial charge is 0.240 e. The Balaban J connectivity index is 1.63. The first-order valence-electron chi connectivity index (χ1n) is 9.61. The second-order valence-corrected chi connectivity index (χ2v) is 8.93. The van der Waals surface area contributed by atoms with Gasteiger partial charge in [0, 0.05) is 10.2 Å². The molecular weight excluding hydrogens is 466 g/mol. The van der Waals surface area contributed by atoms with Gasteiger partial charge >= 0.3 is 0 Å². The summed E-state index contributed by atoms with van der Waals surface area (Å²) in [6, 6.07) is 13.3. The zero-order valence-corrected chi connectivity index (χ0v) is 19.3. The number of nitrogens with zero attached hydrogens (tertiary/aromatic N) is 3. The summed E-state index contributed by atoms with van der Waals surface area (Å²) in [5.41, 5.74) is 6.21. The van der Waals surface area contributed by atoms with Gasteiger partial charge in [-0.15, -0.1) is 10.2 Å². The Morgan fingerprint density at radius 3 is 2.70 bits per heavy atom. The molecule has 2 heterocycles. The quantitative estimate of drug-likeness (QED) is 0.552. The molecule has 30 heavy (non-hydrogen) atoms. The van der Waals surface area contributed by atoms with Crippen LogP contribution in [0.25, 0.3) is 0 Å². The summed E-state index contributed by atoms with van der Waals surface area (Å²) in [6.07, 6.45) is 0. The third kappa shape index (κ3) is 4.17. The van der Waals surface area contributed by atoms with E-state index >= 15 is 0 Å². The van der Waals surface area contributed by atoms with Crippen molar-refractivity contribution < 1.29 is 9.53 Å². The molecule has 3 aromatic rings. The lowest BCUT2D eigenvalue weighted by Crippen LogP contribution is -2.41. The van der Waals surface area contributed by atoms with Gasteiger partial charge in [0.1, 0.15) is 16.8 Å². The molecule has 0 spiro atoms. The molecule has 0 aliphatic carbocycles. The number of hydrogen-bond donors (Lipinski definition) is 2. The number of fused-ring (bicyclic) bond motifs is 1. The normalized spacial score (nSPS) is 17.7. The molecular formula is C21H22BrN5O2S. The van der Waals surface area contributed by atoms with E-state index in [0.717, 1.165) is 32.9 Å². The maximum absolute atomic E-state index is 13.3. The first-order chi connectivity index (χ1) is 14.5. The number of carbonyl (C=O) groups excluding carboxylic acids is 1. The predicted molar refractivity (Wildman–Crippen MR) is 122 cm³/mol. The summed E-state index contributed by atoms with van der Waals surface area (Å²) in [5.74, 6) is 1.45. The highest BCUT2D eigenvalue weighted by Gasteiger charge is 2.37. The van der Waals surface area contributed by atoms with Crippen LogP contribution >= 0.6 is 27.7 Å². The standard InChI is InChI=1S/C21H22BrN5O2S/c1-4-29-16-8-5-14(6-9-16)18-19(30-21-25-24-13(3)27(21)26-18)20(28)23-15-7-10-17(22)12(2)11-15/h5-11,18-19,26H,4H2,1-3H3,(H,23,28)/t18-,19-/m1/s1. The van der Waals surface area contributed by atoms with Crippen LogP contribution in [0.1, 0.15) is 29.9 Å². The van der Waals surface area contributed by atoms with Crippen molar-refractivity contribution in [3.05, 3.63) is 63.9 Å². The second-order valence-electron chi connectivity index (χ2n) is 6.97. The van der Waals surface area contributed by atoms with Gasteiger partial charge in [-0.05, 0) is 62.2 Å². The van der Waals surface area contributed by atoms with Crippen LogP contribution in [0.15, 0.2) is 52.1 Å². The van der Waals surface area contributed by atoms with E-state index in [1.807, 2.05) is 67.9 Å². The van der Waals surface area contributed by atoms with E-state index in [0.29, 0.717) is 11.8 Å². The molecule has 2 aromatic carbocycles. The van der Waals surface area contributed by atoms with Gasteiger partial charge in [0.05, 0.1) is 12.6 Å². The van der Waals surface area contributed by atoms with Crippen LogP contribution in [0, 0.1) is 13.8 Å². The molecule has 4 rings (SSSR count).